The summed E-state index contributed by atoms with van der Waals surface area (Å²) < 4.78 is 17.7. The number of hydrogen-bond acceptors (Lipinski definition) is 3. The van der Waals surface area contributed by atoms with Crippen molar-refractivity contribution in [3.05, 3.63) is 18.2 Å². The van der Waals surface area contributed by atoms with Crippen molar-refractivity contribution in [2.75, 3.05) is 19.8 Å². The summed E-state index contributed by atoms with van der Waals surface area (Å²) >= 11 is 0. The van der Waals surface area contributed by atoms with Gasteiger partial charge in [0.05, 0.1) is 19.8 Å². The van der Waals surface area contributed by atoms with Crippen molar-refractivity contribution in [2.45, 2.75) is 60.8 Å². The van der Waals surface area contributed by atoms with Gasteiger partial charge < -0.3 is 14.2 Å². The Balaban J connectivity index is 2.68. The van der Waals surface area contributed by atoms with Gasteiger partial charge in [0, 0.05) is 18.2 Å². The third-order valence-corrected chi connectivity index (χ3v) is 3.75. The van der Waals surface area contributed by atoms with E-state index in [9.17, 15) is 0 Å². The van der Waals surface area contributed by atoms with E-state index < -0.39 is 0 Å². The number of hydrogen-bond donors (Lipinski definition) is 0. The van der Waals surface area contributed by atoms with Crippen LogP contribution in [0.4, 0.5) is 0 Å². The highest BCUT2D eigenvalue weighted by atomic mass is 16.5. The molecule has 0 fully saturated rings. The van der Waals surface area contributed by atoms with Crippen molar-refractivity contribution in [3.63, 3.8) is 0 Å². The second-order valence-corrected chi connectivity index (χ2v) is 7.73. The molecule has 0 aliphatic heterocycles. The van der Waals surface area contributed by atoms with Crippen LogP contribution in [0.5, 0.6) is 17.2 Å². The van der Waals surface area contributed by atoms with E-state index in [0.29, 0.717) is 17.8 Å². The molecular formula is C21H36O3. The molecule has 0 amide bonds. The Bertz CT molecular complexity index is 373. The van der Waals surface area contributed by atoms with Crippen LogP contribution in [0.2, 0.25) is 0 Å². The molecule has 0 saturated carbocycles. The summed E-state index contributed by atoms with van der Waals surface area (Å²) in [5.41, 5.74) is 0. The van der Waals surface area contributed by atoms with Gasteiger partial charge in [-0.2, -0.15) is 0 Å². The van der Waals surface area contributed by atoms with E-state index in [1.54, 1.807) is 0 Å². The Hall–Kier alpha value is -1.38. The van der Waals surface area contributed by atoms with Crippen LogP contribution in [-0.2, 0) is 0 Å². The second-order valence-electron chi connectivity index (χ2n) is 7.73. The highest BCUT2D eigenvalue weighted by Crippen LogP contribution is 2.29. The Morgan fingerprint density at radius 2 is 0.792 bits per heavy atom. The molecule has 0 unspecified atom stereocenters. The molecule has 0 heterocycles. The lowest BCUT2D eigenvalue weighted by Gasteiger charge is -2.15. The van der Waals surface area contributed by atoms with Crippen LogP contribution >= 0.6 is 0 Å². The lowest BCUT2D eigenvalue weighted by Crippen LogP contribution is -2.05. The van der Waals surface area contributed by atoms with Gasteiger partial charge in [-0.15, -0.1) is 0 Å². The van der Waals surface area contributed by atoms with E-state index in [1.807, 2.05) is 18.2 Å². The van der Waals surface area contributed by atoms with E-state index in [1.165, 1.54) is 0 Å². The molecule has 0 aromatic heterocycles. The molecule has 1 aromatic rings. The predicted molar refractivity (Wildman–Crippen MR) is 101 cm³/mol. The number of benzene rings is 1. The first-order valence-electron chi connectivity index (χ1n) is 9.40. The molecule has 1 aromatic carbocycles. The molecular weight excluding hydrogens is 300 g/mol. The van der Waals surface area contributed by atoms with Crippen molar-refractivity contribution >= 4 is 0 Å². The molecule has 0 bridgehead atoms. The molecule has 0 atom stereocenters. The lowest BCUT2D eigenvalue weighted by molar-refractivity contribution is 0.263. The fourth-order valence-corrected chi connectivity index (χ4v) is 2.03. The van der Waals surface area contributed by atoms with Gasteiger partial charge in [-0.05, 0) is 37.0 Å². The number of rotatable bonds is 12. The van der Waals surface area contributed by atoms with Crippen LogP contribution in [0.1, 0.15) is 60.8 Å². The Kier molecular flexibility index (Phi) is 9.66. The van der Waals surface area contributed by atoms with Crippen LogP contribution in [0.3, 0.4) is 0 Å². The van der Waals surface area contributed by atoms with Gasteiger partial charge in [0.15, 0.2) is 0 Å². The summed E-state index contributed by atoms with van der Waals surface area (Å²) in [6.07, 6.45) is 3.13. The monoisotopic (exact) mass is 336 g/mol. The van der Waals surface area contributed by atoms with Crippen LogP contribution < -0.4 is 14.2 Å². The SMILES string of the molecule is CC(C)CCOc1cc(OCCC(C)C)cc(OCCC(C)C)c1. The van der Waals surface area contributed by atoms with E-state index in [2.05, 4.69) is 41.5 Å². The topological polar surface area (TPSA) is 27.7 Å². The fraction of sp³-hybridized carbons (Fsp3) is 0.714. The summed E-state index contributed by atoms with van der Waals surface area (Å²) in [4.78, 5) is 0. The minimum Gasteiger partial charge on any atom is -0.493 e. The fourth-order valence-electron chi connectivity index (χ4n) is 2.03. The van der Waals surface area contributed by atoms with Crippen molar-refractivity contribution in [3.8, 4) is 17.2 Å². The van der Waals surface area contributed by atoms with Gasteiger partial charge in [0.1, 0.15) is 17.2 Å². The quantitative estimate of drug-likeness (QED) is 0.471. The standard InChI is InChI=1S/C21H36O3/c1-16(2)7-10-22-19-13-20(23-11-8-17(3)4)15-21(14-19)24-12-9-18(5)6/h13-18H,7-12H2,1-6H3. The van der Waals surface area contributed by atoms with Gasteiger partial charge in [0.25, 0.3) is 0 Å². The van der Waals surface area contributed by atoms with Gasteiger partial charge in [-0.1, -0.05) is 41.5 Å². The molecule has 138 valence electrons. The van der Waals surface area contributed by atoms with Gasteiger partial charge in [-0.25, -0.2) is 0 Å². The maximum Gasteiger partial charge on any atom is 0.126 e. The van der Waals surface area contributed by atoms with Crippen molar-refractivity contribution in [1.82, 2.24) is 0 Å². The van der Waals surface area contributed by atoms with E-state index in [-0.39, 0.29) is 0 Å². The largest absolute Gasteiger partial charge is 0.493 e. The average molecular weight is 337 g/mol. The summed E-state index contributed by atoms with van der Waals surface area (Å²) in [7, 11) is 0. The molecule has 0 N–H and O–H groups in total. The smallest absolute Gasteiger partial charge is 0.126 e. The number of ether oxygens (including phenoxy) is 3. The van der Waals surface area contributed by atoms with E-state index in [4.69, 9.17) is 14.2 Å². The Morgan fingerprint density at radius 1 is 0.542 bits per heavy atom. The lowest BCUT2D eigenvalue weighted by atomic mass is 10.1. The zero-order valence-corrected chi connectivity index (χ0v) is 16.4. The maximum absolute atomic E-state index is 5.89. The molecule has 3 heteroatoms. The first-order valence-corrected chi connectivity index (χ1v) is 9.40. The molecule has 0 aliphatic carbocycles. The zero-order valence-electron chi connectivity index (χ0n) is 16.4. The molecule has 0 radical (unpaired) electrons. The predicted octanol–water partition coefficient (Wildman–Crippen LogP) is 5.96. The second kappa shape index (κ2) is 11.2. The highest BCUT2D eigenvalue weighted by molar-refractivity contribution is 5.42. The van der Waals surface area contributed by atoms with Crippen molar-refractivity contribution in [1.29, 1.82) is 0 Å². The van der Waals surface area contributed by atoms with Crippen LogP contribution in [-0.4, -0.2) is 19.8 Å². The van der Waals surface area contributed by atoms with E-state index in [0.717, 1.165) is 56.3 Å². The van der Waals surface area contributed by atoms with Crippen LogP contribution in [0.15, 0.2) is 18.2 Å². The molecule has 3 nitrogen and oxygen atoms in total. The molecule has 24 heavy (non-hydrogen) atoms. The first-order chi connectivity index (χ1) is 11.4. The molecule has 0 aliphatic rings. The first kappa shape index (κ1) is 20.7. The van der Waals surface area contributed by atoms with Crippen LogP contribution in [0.25, 0.3) is 0 Å². The average Bonchev–Trinajstić information content (AvgIpc) is 2.46. The van der Waals surface area contributed by atoms with Gasteiger partial charge in [-0.3, -0.25) is 0 Å². The third-order valence-electron chi connectivity index (χ3n) is 3.75. The van der Waals surface area contributed by atoms with Crippen LogP contribution in [0, 0.1) is 17.8 Å². The van der Waals surface area contributed by atoms with E-state index >= 15 is 0 Å². The minimum absolute atomic E-state index is 0.636. The summed E-state index contributed by atoms with van der Waals surface area (Å²) in [5, 5.41) is 0. The third kappa shape index (κ3) is 9.69. The summed E-state index contributed by atoms with van der Waals surface area (Å²) in [6.45, 7) is 15.4. The molecule has 1 rings (SSSR count). The summed E-state index contributed by atoms with van der Waals surface area (Å²) in [6, 6.07) is 5.90. The van der Waals surface area contributed by atoms with Crippen molar-refractivity contribution in [2.24, 2.45) is 17.8 Å². The Morgan fingerprint density at radius 3 is 1.00 bits per heavy atom. The highest BCUT2D eigenvalue weighted by Gasteiger charge is 2.06. The minimum atomic E-state index is 0.636. The summed E-state index contributed by atoms with van der Waals surface area (Å²) in [5.74, 6) is 4.40. The Labute approximate surface area is 148 Å². The van der Waals surface area contributed by atoms with Gasteiger partial charge in [0.2, 0.25) is 0 Å². The molecule has 0 saturated heterocycles. The zero-order chi connectivity index (χ0) is 17.9. The normalized spacial score (nSPS) is 11.4. The maximum atomic E-state index is 5.89. The molecule has 0 spiro atoms. The van der Waals surface area contributed by atoms with Gasteiger partial charge >= 0.3 is 0 Å². The van der Waals surface area contributed by atoms with Crippen molar-refractivity contribution < 1.29 is 14.2 Å².